The molecule has 2 heterocycles. The number of anilines is 2. The zero-order valence-electron chi connectivity index (χ0n) is 12.5. The van der Waals surface area contributed by atoms with E-state index in [-0.39, 0.29) is 5.95 Å². The van der Waals surface area contributed by atoms with Gasteiger partial charge in [-0.25, -0.2) is 4.98 Å². The van der Waals surface area contributed by atoms with E-state index in [2.05, 4.69) is 33.5 Å². The summed E-state index contributed by atoms with van der Waals surface area (Å²) in [6, 6.07) is 9.02. The molecule has 1 aromatic heterocycles. The number of hydrogen-bond acceptors (Lipinski definition) is 5. The number of nitrogen functional groups attached to an aromatic ring is 2. The molecule has 4 rings (SSSR count). The average molecular weight is 295 g/mol. The lowest BCUT2D eigenvalue weighted by Crippen LogP contribution is -2.43. The average Bonchev–Trinajstić information content (AvgIpc) is 2.61. The summed E-state index contributed by atoms with van der Waals surface area (Å²) in [5, 5.41) is 3.49. The zero-order chi connectivity index (χ0) is 15.1. The van der Waals surface area contributed by atoms with Crippen LogP contribution in [0.3, 0.4) is 0 Å². The Morgan fingerprint density at radius 2 is 1.95 bits per heavy atom. The van der Waals surface area contributed by atoms with Gasteiger partial charge in [0, 0.05) is 17.2 Å². The maximum absolute atomic E-state index is 6.24. The van der Waals surface area contributed by atoms with Crippen LogP contribution in [-0.2, 0) is 6.42 Å². The van der Waals surface area contributed by atoms with Gasteiger partial charge in [-0.2, -0.15) is 4.98 Å². The maximum atomic E-state index is 6.24. The van der Waals surface area contributed by atoms with Crippen molar-refractivity contribution in [1.82, 2.24) is 15.3 Å². The van der Waals surface area contributed by atoms with Gasteiger partial charge in [-0.1, -0.05) is 24.3 Å². The Balaban J connectivity index is 1.85. The summed E-state index contributed by atoms with van der Waals surface area (Å²) in [7, 11) is 0. The van der Waals surface area contributed by atoms with Crippen LogP contribution in [0.4, 0.5) is 11.8 Å². The summed E-state index contributed by atoms with van der Waals surface area (Å²) in [5.74, 6) is 1.19. The second kappa shape index (κ2) is 5.25. The van der Waals surface area contributed by atoms with Crippen LogP contribution >= 0.6 is 0 Å². The highest BCUT2D eigenvalue weighted by Crippen LogP contribution is 2.42. The first kappa shape index (κ1) is 13.5. The minimum Gasteiger partial charge on any atom is -0.383 e. The monoisotopic (exact) mass is 295 g/mol. The Bertz CT molecular complexity index is 708. The molecule has 0 spiro atoms. The number of benzene rings is 1. The van der Waals surface area contributed by atoms with E-state index in [4.69, 9.17) is 11.5 Å². The molecule has 22 heavy (non-hydrogen) atoms. The van der Waals surface area contributed by atoms with Crippen molar-refractivity contribution in [3.05, 3.63) is 35.4 Å². The van der Waals surface area contributed by atoms with E-state index in [1.54, 1.807) is 0 Å². The highest BCUT2D eigenvalue weighted by atomic mass is 15.0. The first-order chi connectivity index (χ1) is 10.7. The van der Waals surface area contributed by atoms with Crippen LogP contribution in [0, 0.1) is 0 Å². The van der Waals surface area contributed by atoms with E-state index in [0.717, 1.165) is 42.6 Å². The van der Waals surface area contributed by atoms with Crippen molar-refractivity contribution in [3.8, 4) is 11.3 Å². The molecule has 114 valence electrons. The summed E-state index contributed by atoms with van der Waals surface area (Å²) in [4.78, 5) is 8.77. The smallest absolute Gasteiger partial charge is 0.222 e. The standard InChI is InChI=1S/C17H21N5/c18-16-14-11(9-12-7-8-20-12)6-5-10-3-1-2-4-13(10)15(14)21-17(19)22-16/h1-4,11-12,20H,5-9H2,(H4,18,19,21,22)/t11?,12-/m0/s1. The van der Waals surface area contributed by atoms with E-state index >= 15 is 0 Å². The van der Waals surface area contributed by atoms with Crippen molar-refractivity contribution in [2.24, 2.45) is 0 Å². The molecule has 1 unspecified atom stereocenters. The molecule has 2 aliphatic rings. The fourth-order valence-electron chi connectivity index (χ4n) is 3.68. The predicted octanol–water partition coefficient (Wildman–Crippen LogP) is 2.09. The van der Waals surface area contributed by atoms with Gasteiger partial charge in [0.05, 0.1) is 5.69 Å². The van der Waals surface area contributed by atoms with Crippen LogP contribution in [0.2, 0.25) is 0 Å². The van der Waals surface area contributed by atoms with Gasteiger partial charge in [0.25, 0.3) is 0 Å². The lowest BCUT2D eigenvalue weighted by molar-refractivity contribution is 0.323. The Morgan fingerprint density at radius 1 is 1.14 bits per heavy atom. The van der Waals surface area contributed by atoms with Crippen molar-refractivity contribution in [1.29, 1.82) is 0 Å². The van der Waals surface area contributed by atoms with Gasteiger partial charge in [0.15, 0.2) is 0 Å². The van der Waals surface area contributed by atoms with Gasteiger partial charge < -0.3 is 16.8 Å². The van der Waals surface area contributed by atoms with Crippen molar-refractivity contribution < 1.29 is 0 Å². The van der Waals surface area contributed by atoms with Crippen molar-refractivity contribution in [2.45, 2.75) is 37.6 Å². The normalized spacial score (nSPS) is 23.1. The number of nitrogens with zero attached hydrogens (tertiary/aromatic N) is 2. The summed E-state index contributed by atoms with van der Waals surface area (Å²) in [5.41, 5.74) is 16.6. The van der Waals surface area contributed by atoms with Crippen LogP contribution in [0.25, 0.3) is 11.3 Å². The fraction of sp³-hybridized carbons (Fsp3) is 0.412. The quantitative estimate of drug-likeness (QED) is 0.789. The first-order valence-corrected chi connectivity index (χ1v) is 7.97. The molecule has 1 fully saturated rings. The number of aromatic nitrogens is 2. The van der Waals surface area contributed by atoms with Crippen LogP contribution in [0.15, 0.2) is 24.3 Å². The van der Waals surface area contributed by atoms with Crippen LogP contribution in [0.5, 0.6) is 0 Å². The van der Waals surface area contributed by atoms with Crippen molar-refractivity contribution in [3.63, 3.8) is 0 Å². The van der Waals surface area contributed by atoms with Gasteiger partial charge in [0.1, 0.15) is 5.82 Å². The summed E-state index contributed by atoms with van der Waals surface area (Å²) >= 11 is 0. The molecule has 2 aromatic rings. The third kappa shape index (κ3) is 2.22. The summed E-state index contributed by atoms with van der Waals surface area (Å²) in [6.07, 6.45) is 4.47. The molecule has 0 bridgehead atoms. The number of aryl methyl sites for hydroxylation is 1. The zero-order valence-corrected chi connectivity index (χ0v) is 12.5. The molecule has 0 saturated carbocycles. The van der Waals surface area contributed by atoms with Gasteiger partial charge in [-0.3, -0.25) is 0 Å². The molecule has 5 heteroatoms. The molecule has 5 nitrogen and oxygen atoms in total. The van der Waals surface area contributed by atoms with E-state index in [1.165, 1.54) is 12.0 Å². The molecular formula is C17H21N5. The molecule has 2 atom stereocenters. The van der Waals surface area contributed by atoms with Gasteiger partial charge >= 0.3 is 0 Å². The SMILES string of the molecule is Nc1nc(N)c2c(n1)-c1ccccc1CCC2C[C@@H]1CCN1. The largest absolute Gasteiger partial charge is 0.383 e. The Kier molecular flexibility index (Phi) is 3.22. The number of nitrogens with two attached hydrogens (primary N) is 2. The third-order valence-corrected chi connectivity index (χ3v) is 4.93. The molecule has 1 aliphatic carbocycles. The van der Waals surface area contributed by atoms with Gasteiger partial charge in [-0.15, -0.1) is 0 Å². The maximum Gasteiger partial charge on any atom is 0.222 e. The fourth-order valence-corrected chi connectivity index (χ4v) is 3.68. The lowest BCUT2D eigenvalue weighted by atomic mass is 9.85. The molecule has 1 saturated heterocycles. The highest BCUT2D eigenvalue weighted by Gasteiger charge is 2.30. The van der Waals surface area contributed by atoms with E-state index in [1.807, 2.05) is 6.07 Å². The van der Waals surface area contributed by atoms with Crippen LogP contribution < -0.4 is 16.8 Å². The number of nitrogens with one attached hydrogen (secondary N) is 1. The Morgan fingerprint density at radius 3 is 2.73 bits per heavy atom. The topological polar surface area (TPSA) is 89.8 Å². The summed E-state index contributed by atoms with van der Waals surface area (Å²) < 4.78 is 0. The molecule has 1 aromatic carbocycles. The summed E-state index contributed by atoms with van der Waals surface area (Å²) in [6.45, 7) is 1.12. The van der Waals surface area contributed by atoms with E-state index < -0.39 is 0 Å². The second-order valence-electron chi connectivity index (χ2n) is 6.30. The van der Waals surface area contributed by atoms with Crippen molar-refractivity contribution >= 4 is 11.8 Å². The van der Waals surface area contributed by atoms with Gasteiger partial charge in [-0.05, 0) is 43.7 Å². The third-order valence-electron chi connectivity index (χ3n) is 4.93. The van der Waals surface area contributed by atoms with E-state index in [9.17, 15) is 0 Å². The van der Waals surface area contributed by atoms with Gasteiger partial charge in [0.2, 0.25) is 5.95 Å². The van der Waals surface area contributed by atoms with E-state index in [0.29, 0.717) is 17.8 Å². The lowest BCUT2D eigenvalue weighted by Gasteiger charge is -2.31. The molecular weight excluding hydrogens is 274 g/mol. The predicted molar refractivity (Wildman–Crippen MR) is 88.4 cm³/mol. The minimum atomic E-state index is 0.258. The minimum absolute atomic E-state index is 0.258. The Hall–Kier alpha value is -2.14. The number of rotatable bonds is 2. The Labute approximate surface area is 130 Å². The molecule has 0 amide bonds. The highest BCUT2D eigenvalue weighted by molar-refractivity contribution is 5.73. The number of hydrogen-bond donors (Lipinski definition) is 3. The van der Waals surface area contributed by atoms with Crippen molar-refractivity contribution in [2.75, 3.05) is 18.0 Å². The first-order valence-electron chi connectivity index (χ1n) is 7.97. The second-order valence-corrected chi connectivity index (χ2v) is 6.30. The number of fused-ring (bicyclic) bond motifs is 3. The molecule has 0 radical (unpaired) electrons. The van der Waals surface area contributed by atoms with Crippen LogP contribution in [0.1, 0.15) is 36.3 Å². The molecule has 1 aliphatic heterocycles. The molecule has 5 N–H and O–H groups in total. The van der Waals surface area contributed by atoms with Crippen LogP contribution in [-0.4, -0.2) is 22.6 Å².